The highest BCUT2D eigenvalue weighted by Gasteiger charge is 2.05. The maximum Gasteiger partial charge on any atom is 0.188 e. The predicted octanol–water partition coefficient (Wildman–Crippen LogP) is 4.97. The van der Waals surface area contributed by atoms with Crippen LogP contribution in [0.15, 0.2) is 36.4 Å². The van der Waals surface area contributed by atoms with Crippen molar-refractivity contribution in [2.75, 3.05) is 5.32 Å². The van der Waals surface area contributed by atoms with Gasteiger partial charge in [0.2, 0.25) is 0 Å². The smallest absolute Gasteiger partial charge is 0.188 e. The molecule has 3 aromatic rings. The molecular formula is C16H16N2S. The molecule has 1 N–H and O–H groups in total. The minimum Gasteiger partial charge on any atom is -0.331 e. The molecule has 0 unspecified atom stereocenters. The number of fused-ring (bicyclic) bond motifs is 1. The van der Waals surface area contributed by atoms with E-state index in [4.69, 9.17) is 0 Å². The van der Waals surface area contributed by atoms with Crippen molar-refractivity contribution in [2.24, 2.45) is 0 Å². The Morgan fingerprint density at radius 3 is 2.47 bits per heavy atom. The Balaban J connectivity index is 1.96. The summed E-state index contributed by atoms with van der Waals surface area (Å²) in [6.07, 6.45) is 0. The van der Waals surface area contributed by atoms with E-state index in [0.29, 0.717) is 0 Å². The van der Waals surface area contributed by atoms with Gasteiger partial charge in [0.25, 0.3) is 0 Å². The maximum atomic E-state index is 4.64. The Hall–Kier alpha value is -1.87. The predicted molar refractivity (Wildman–Crippen MR) is 83.6 cm³/mol. The van der Waals surface area contributed by atoms with E-state index < -0.39 is 0 Å². The largest absolute Gasteiger partial charge is 0.331 e. The van der Waals surface area contributed by atoms with Gasteiger partial charge in [-0.1, -0.05) is 35.1 Å². The molecule has 19 heavy (non-hydrogen) atoms. The third-order valence-electron chi connectivity index (χ3n) is 3.17. The molecule has 1 heterocycles. The molecule has 2 nitrogen and oxygen atoms in total. The summed E-state index contributed by atoms with van der Waals surface area (Å²) in [5.74, 6) is 0. The number of rotatable bonds is 2. The zero-order chi connectivity index (χ0) is 13.4. The lowest BCUT2D eigenvalue weighted by atomic mass is 10.1. The normalized spacial score (nSPS) is 10.9. The third-order valence-corrected chi connectivity index (χ3v) is 4.12. The quantitative estimate of drug-likeness (QED) is 0.710. The zero-order valence-electron chi connectivity index (χ0n) is 11.3. The van der Waals surface area contributed by atoms with E-state index in [9.17, 15) is 0 Å². The summed E-state index contributed by atoms with van der Waals surface area (Å²) >= 11 is 1.69. The van der Waals surface area contributed by atoms with Crippen LogP contribution in [-0.2, 0) is 0 Å². The molecule has 0 radical (unpaired) electrons. The van der Waals surface area contributed by atoms with Gasteiger partial charge in [-0.2, -0.15) is 0 Å². The van der Waals surface area contributed by atoms with Crippen molar-refractivity contribution in [3.8, 4) is 0 Å². The van der Waals surface area contributed by atoms with E-state index in [2.05, 4.69) is 67.5 Å². The van der Waals surface area contributed by atoms with Gasteiger partial charge in [-0.3, -0.25) is 0 Å². The molecule has 96 valence electrons. The summed E-state index contributed by atoms with van der Waals surface area (Å²) in [6, 6.07) is 12.8. The molecule has 0 aliphatic rings. The molecule has 3 rings (SSSR count). The van der Waals surface area contributed by atoms with E-state index >= 15 is 0 Å². The van der Waals surface area contributed by atoms with Gasteiger partial charge in [-0.05, 0) is 50.1 Å². The van der Waals surface area contributed by atoms with Crippen molar-refractivity contribution >= 4 is 32.4 Å². The van der Waals surface area contributed by atoms with Crippen LogP contribution in [0, 0.1) is 20.8 Å². The molecule has 0 saturated carbocycles. The SMILES string of the molecule is Cc1ccc(Nc2nc3cc(C)ccc3s2)c(C)c1. The van der Waals surface area contributed by atoms with Gasteiger partial charge in [0.05, 0.1) is 10.2 Å². The monoisotopic (exact) mass is 268 g/mol. The molecule has 2 aromatic carbocycles. The molecule has 3 heteroatoms. The first-order valence-corrected chi connectivity index (χ1v) is 7.15. The summed E-state index contributed by atoms with van der Waals surface area (Å²) in [4.78, 5) is 4.64. The Morgan fingerprint density at radius 1 is 0.947 bits per heavy atom. The van der Waals surface area contributed by atoms with E-state index in [0.717, 1.165) is 16.3 Å². The second-order valence-electron chi connectivity index (χ2n) is 4.93. The van der Waals surface area contributed by atoms with E-state index in [-0.39, 0.29) is 0 Å². The first kappa shape index (κ1) is 12.2. The van der Waals surface area contributed by atoms with Crippen molar-refractivity contribution in [2.45, 2.75) is 20.8 Å². The number of thiazole rings is 1. The number of nitrogens with one attached hydrogen (secondary N) is 1. The average molecular weight is 268 g/mol. The first-order valence-electron chi connectivity index (χ1n) is 6.33. The van der Waals surface area contributed by atoms with Gasteiger partial charge in [0.1, 0.15) is 0 Å². The summed E-state index contributed by atoms with van der Waals surface area (Å²) in [5.41, 5.74) is 5.97. The number of hydrogen-bond acceptors (Lipinski definition) is 3. The first-order chi connectivity index (χ1) is 9.11. The van der Waals surface area contributed by atoms with E-state index in [1.165, 1.54) is 21.4 Å². The third kappa shape index (κ3) is 2.47. The number of aromatic nitrogens is 1. The second kappa shape index (κ2) is 4.67. The molecule has 0 fully saturated rings. The lowest BCUT2D eigenvalue weighted by Gasteiger charge is -2.06. The topological polar surface area (TPSA) is 24.9 Å². The number of aryl methyl sites for hydroxylation is 3. The van der Waals surface area contributed by atoms with Crippen LogP contribution in [0.25, 0.3) is 10.2 Å². The Kier molecular flexibility index (Phi) is 2.99. The number of benzene rings is 2. The molecule has 0 aliphatic carbocycles. The summed E-state index contributed by atoms with van der Waals surface area (Å²) < 4.78 is 1.22. The Morgan fingerprint density at radius 2 is 1.68 bits per heavy atom. The fourth-order valence-corrected chi connectivity index (χ4v) is 3.02. The van der Waals surface area contributed by atoms with Crippen LogP contribution >= 0.6 is 11.3 Å². The fraction of sp³-hybridized carbons (Fsp3) is 0.188. The van der Waals surface area contributed by atoms with Crippen LogP contribution in [0.2, 0.25) is 0 Å². The van der Waals surface area contributed by atoms with Crippen molar-refractivity contribution < 1.29 is 0 Å². The molecule has 0 amide bonds. The van der Waals surface area contributed by atoms with Gasteiger partial charge < -0.3 is 5.32 Å². The van der Waals surface area contributed by atoms with Crippen LogP contribution in [-0.4, -0.2) is 4.98 Å². The molecule has 0 aliphatic heterocycles. The number of anilines is 2. The van der Waals surface area contributed by atoms with Gasteiger partial charge in [-0.15, -0.1) is 0 Å². The minimum atomic E-state index is 0.951. The Labute approximate surface area is 117 Å². The van der Waals surface area contributed by atoms with Crippen molar-refractivity contribution in [3.05, 3.63) is 53.1 Å². The van der Waals surface area contributed by atoms with Crippen LogP contribution in [0.3, 0.4) is 0 Å². The van der Waals surface area contributed by atoms with Crippen LogP contribution in [0.1, 0.15) is 16.7 Å². The maximum absolute atomic E-state index is 4.64. The molecule has 0 atom stereocenters. The molecular weight excluding hydrogens is 252 g/mol. The van der Waals surface area contributed by atoms with Gasteiger partial charge in [0, 0.05) is 5.69 Å². The van der Waals surface area contributed by atoms with E-state index in [1.807, 2.05) is 0 Å². The molecule has 0 bridgehead atoms. The zero-order valence-corrected chi connectivity index (χ0v) is 12.1. The minimum absolute atomic E-state index is 0.951. The fourth-order valence-electron chi connectivity index (χ4n) is 2.16. The Bertz CT molecular complexity index is 744. The summed E-state index contributed by atoms with van der Waals surface area (Å²) in [5, 5.41) is 4.37. The standard InChI is InChI=1S/C16H16N2S/c1-10-4-6-13(12(3)8-10)17-16-18-14-9-11(2)5-7-15(14)19-16/h4-9H,1-3H3,(H,17,18). The van der Waals surface area contributed by atoms with Crippen LogP contribution < -0.4 is 5.32 Å². The lowest BCUT2D eigenvalue weighted by molar-refractivity contribution is 1.35. The molecule has 0 saturated heterocycles. The molecule has 1 aromatic heterocycles. The van der Waals surface area contributed by atoms with E-state index in [1.54, 1.807) is 11.3 Å². The van der Waals surface area contributed by atoms with Crippen molar-refractivity contribution in [1.82, 2.24) is 4.98 Å². The van der Waals surface area contributed by atoms with Gasteiger partial charge in [-0.25, -0.2) is 4.98 Å². The van der Waals surface area contributed by atoms with Crippen molar-refractivity contribution in [1.29, 1.82) is 0 Å². The van der Waals surface area contributed by atoms with Crippen LogP contribution in [0.5, 0.6) is 0 Å². The van der Waals surface area contributed by atoms with Crippen molar-refractivity contribution in [3.63, 3.8) is 0 Å². The van der Waals surface area contributed by atoms with Gasteiger partial charge in [0.15, 0.2) is 5.13 Å². The van der Waals surface area contributed by atoms with Crippen LogP contribution in [0.4, 0.5) is 10.8 Å². The number of nitrogens with zero attached hydrogens (tertiary/aromatic N) is 1. The number of hydrogen-bond donors (Lipinski definition) is 1. The second-order valence-corrected chi connectivity index (χ2v) is 5.96. The molecule has 0 spiro atoms. The average Bonchev–Trinajstić information content (AvgIpc) is 2.74. The highest BCUT2D eigenvalue weighted by molar-refractivity contribution is 7.22. The summed E-state index contributed by atoms with van der Waals surface area (Å²) in [6.45, 7) is 6.32. The lowest BCUT2D eigenvalue weighted by Crippen LogP contribution is -1.92. The highest BCUT2D eigenvalue weighted by Crippen LogP contribution is 2.30. The van der Waals surface area contributed by atoms with Gasteiger partial charge >= 0.3 is 0 Å². The summed E-state index contributed by atoms with van der Waals surface area (Å²) in [7, 11) is 0. The highest BCUT2D eigenvalue weighted by atomic mass is 32.1.